The molecule has 0 saturated heterocycles. The van der Waals surface area contributed by atoms with Crippen LogP contribution in [0.25, 0.3) is 17.1 Å². The lowest BCUT2D eigenvalue weighted by Crippen LogP contribution is -2.00. The molecule has 0 amide bonds. The van der Waals surface area contributed by atoms with Gasteiger partial charge >= 0.3 is 5.69 Å². The van der Waals surface area contributed by atoms with Crippen LogP contribution < -0.4 is 0 Å². The van der Waals surface area contributed by atoms with E-state index in [0.717, 1.165) is 17.4 Å². The molecule has 0 bridgehead atoms. The van der Waals surface area contributed by atoms with Crippen molar-refractivity contribution in [1.82, 2.24) is 19.7 Å². The minimum Gasteiger partial charge on any atom is -0.507 e. The number of hydrogen-bond acceptors (Lipinski definition) is 7. The van der Waals surface area contributed by atoms with Crippen molar-refractivity contribution in [3.05, 3.63) is 83.0 Å². The highest BCUT2D eigenvalue weighted by atomic mass is 32.2. The van der Waals surface area contributed by atoms with E-state index in [1.165, 1.54) is 18.3 Å². The van der Waals surface area contributed by atoms with Crippen LogP contribution >= 0.6 is 11.8 Å². The average Bonchev–Trinajstić information content (AvgIpc) is 3.12. The van der Waals surface area contributed by atoms with Crippen LogP contribution in [0.2, 0.25) is 0 Å². The Balaban J connectivity index is 1.88. The van der Waals surface area contributed by atoms with Crippen LogP contribution in [0.5, 0.6) is 5.75 Å². The van der Waals surface area contributed by atoms with Crippen molar-refractivity contribution in [3.63, 3.8) is 0 Å². The maximum absolute atomic E-state index is 11.3. The molecule has 0 unspecified atom stereocenters. The first kappa shape index (κ1) is 17.7. The standard InChI is InChI=1S/C19H13N5O3S/c25-16-11-5-4-9-14(16)17-21-22-19(23(17)13-7-2-1-3-8-13)28-18-15(24(26)27)10-6-12-20-18/h1-12,25H. The first-order valence-electron chi connectivity index (χ1n) is 8.21. The molecule has 4 rings (SSSR count). The SMILES string of the molecule is O=[N+]([O-])c1cccnc1Sc1nnc(-c2ccccc2O)n1-c1ccccc1. The van der Waals surface area contributed by atoms with Crippen LogP contribution in [0.3, 0.4) is 0 Å². The van der Waals surface area contributed by atoms with Gasteiger partial charge in [-0.2, -0.15) is 0 Å². The number of nitrogens with zero attached hydrogens (tertiary/aromatic N) is 5. The monoisotopic (exact) mass is 391 g/mol. The summed E-state index contributed by atoms with van der Waals surface area (Å²) >= 11 is 1.04. The number of hydrogen-bond donors (Lipinski definition) is 1. The Bertz CT molecular complexity index is 1150. The summed E-state index contributed by atoms with van der Waals surface area (Å²) < 4.78 is 1.73. The fourth-order valence-electron chi connectivity index (χ4n) is 2.67. The van der Waals surface area contributed by atoms with Crippen LogP contribution in [-0.4, -0.2) is 29.8 Å². The molecular formula is C19H13N5O3S. The summed E-state index contributed by atoms with van der Waals surface area (Å²) in [6.45, 7) is 0. The van der Waals surface area contributed by atoms with E-state index in [0.29, 0.717) is 16.5 Å². The molecule has 28 heavy (non-hydrogen) atoms. The highest BCUT2D eigenvalue weighted by Gasteiger charge is 2.22. The fraction of sp³-hybridized carbons (Fsp3) is 0. The molecule has 8 nitrogen and oxygen atoms in total. The van der Waals surface area contributed by atoms with Gasteiger partial charge in [0.1, 0.15) is 5.75 Å². The molecule has 0 aliphatic heterocycles. The molecule has 1 N–H and O–H groups in total. The Hall–Kier alpha value is -3.72. The summed E-state index contributed by atoms with van der Waals surface area (Å²) in [6.07, 6.45) is 1.49. The maximum atomic E-state index is 11.3. The van der Waals surface area contributed by atoms with E-state index in [9.17, 15) is 15.2 Å². The molecular weight excluding hydrogens is 378 g/mol. The zero-order valence-corrected chi connectivity index (χ0v) is 15.2. The first-order chi connectivity index (χ1) is 13.6. The molecule has 0 fully saturated rings. The Morgan fingerprint density at radius 1 is 0.964 bits per heavy atom. The molecule has 0 saturated carbocycles. The number of phenols is 1. The topological polar surface area (TPSA) is 107 Å². The molecule has 9 heteroatoms. The van der Waals surface area contributed by atoms with Gasteiger partial charge in [-0.3, -0.25) is 14.7 Å². The van der Waals surface area contributed by atoms with Gasteiger partial charge in [0, 0.05) is 18.0 Å². The van der Waals surface area contributed by atoms with Gasteiger partial charge in [-0.25, -0.2) is 4.98 Å². The number of nitro groups is 1. The number of rotatable bonds is 5. The second kappa shape index (κ2) is 7.49. The van der Waals surface area contributed by atoms with Crippen molar-refractivity contribution in [1.29, 1.82) is 0 Å². The third-order valence-corrected chi connectivity index (χ3v) is 4.88. The largest absolute Gasteiger partial charge is 0.507 e. The molecule has 0 aliphatic rings. The van der Waals surface area contributed by atoms with Gasteiger partial charge < -0.3 is 5.11 Å². The van der Waals surface area contributed by atoms with Crippen molar-refractivity contribution < 1.29 is 10.0 Å². The second-order valence-electron chi connectivity index (χ2n) is 5.68. The van der Waals surface area contributed by atoms with E-state index in [1.54, 1.807) is 28.8 Å². The van der Waals surface area contributed by atoms with Gasteiger partial charge in [0.05, 0.1) is 10.5 Å². The van der Waals surface area contributed by atoms with Crippen LogP contribution in [-0.2, 0) is 0 Å². The van der Waals surface area contributed by atoms with Crippen LogP contribution in [0.1, 0.15) is 0 Å². The number of pyridine rings is 1. The summed E-state index contributed by atoms with van der Waals surface area (Å²) in [5, 5.41) is 30.6. The van der Waals surface area contributed by atoms with Gasteiger partial charge in [-0.15, -0.1) is 10.2 Å². The minimum atomic E-state index is -0.484. The second-order valence-corrected chi connectivity index (χ2v) is 6.64. The lowest BCUT2D eigenvalue weighted by molar-refractivity contribution is -0.388. The molecule has 0 spiro atoms. The van der Waals surface area contributed by atoms with Gasteiger partial charge in [-0.1, -0.05) is 30.3 Å². The van der Waals surface area contributed by atoms with Gasteiger partial charge in [0.25, 0.3) is 0 Å². The predicted octanol–water partition coefficient (Wildman–Crippen LogP) is 4.09. The van der Waals surface area contributed by atoms with E-state index in [1.807, 2.05) is 30.3 Å². The average molecular weight is 391 g/mol. The summed E-state index contributed by atoms with van der Waals surface area (Å²) in [4.78, 5) is 15.0. The Labute approximate surface area is 163 Å². The van der Waals surface area contributed by atoms with E-state index in [4.69, 9.17) is 0 Å². The molecule has 2 heterocycles. The number of aromatic hydroxyl groups is 1. The summed E-state index contributed by atoms with van der Waals surface area (Å²) in [6, 6.07) is 19.0. The zero-order valence-electron chi connectivity index (χ0n) is 14.3. The molecule has 4 aromatic rings. The summed E-state index contributed by atoms with van der Waals surface area (Å²) in [5.74, 6) is 0.484. The lowest BCUT2D eigenvalue weighted by atomic mass is 10.2. The van der Waals surface area contributed by atoms with E-state index in [2.05, 4.69) is 15.2 Å². The molecule has 2 aromatic carbocycles. The first-order valence-corrected chi connectivity index (χ1v) is 9.03. The smallest absolute Gasteiger partial charge is 0.301 e. The molecule has 2 aromatic heterocycles. The minimum absolute atomic E-state index is 0.0625. The molecule has 0 aliphatic carbocycles. The van der Waals surface area contributed by atoms with Gasteiger partial charge in [0.15, 0.2) is 10.9 Å². The van der Waals surface area contributed by atoms with Crippen LogP contribution in [0.4, 0.5) is 5.69 Å². The zero-order chi connectivity index (χ0) is 19.5. The summed E-state index contributed by atoms with van der Waals surface area (Å²) in [7, 11) is 0. The van der Waals surface area contributed by atoms with Crippen molar-refractivity contribution in [2.75, 3.05) is 0 Å². The fourth-order valence-corrected chi connectivity index (χ4v) is 3.57. The highest BCUT2D eigenvalue weighted by molar-refractivity contribution is 7.99. The Morgan fingerprint density at radius 3 is 2.46 bits per heavy atom. The predicted molar refractivity (Wildman–Crippen MR) is 103 cm³/mol. The molecule has 0 atom stereocenters. The van der Waals surface area contributed by atoms with Crippen molar-refractivity contribution in [2.24, 2.45) is 0 Å². The summed E-state index contributed by atoms with van der Waals surface area (Å²) in [5.41, 5.74) is 1.15. The van der Waals surface area contributed by atoms with E-state index in [-0.39, 0.29) is 16.5 Å². The van der Waals surface area contributed by atoms with Crippen molar-refractivity contribution in [3.8, 4) is 22.8 Å². The van der Waals surface area contributed by atoms with Crippen LogP contribution in [0, 0.1) is 10.1 Å². The van der Waals surface area contributed by atoms with E-state index >= 15 is 0 Å². The number of benzene rings is 2. The Kier molecular flexibility index (Phi) is 4.73. The lowest BCUT2D eigenvalue weighted by Gasteiger charge is -2.10. The third-order valence-electron chi connectivity index (χ3n) is 3.93. The third kappa shape index (κ3) is 3.30. The molecule has 138 valence electrons. The Morgan fingerprint density at radius 2 is 1.71 bits per heavy atom. The highest BCUT2D eigenvalue weighted by Crippen LogP contribution is 2.36. The number of aromatic nitrogens is 4. The normalized spacial score (nSPS) is 10.7. The van der Waals surface area contributed by atoms with Gasteiger partial charge in [-0.05, 0) is 42.1 Å². The number of para-hydroxylation sites is 2. The van der Waals surface area contributed by atoms with Crippen LogP contribution in [0.15, 0.2) is 83.1 Å². The van der Waals surface area contributed by atoms with E-state index < -0.39 is 4.92 Å². The number of phenolic OH excluding ortho intramolecular Hbond substituents is 1. The maximum Gasteiger partial charge on any atom is 0.301 e. The quantitative estimate of drug-likeness (QED) is 0.403. The van der Waals surface area contributed by atoms with Crippen molar-refractivity contribution >= 4 is 17.4 Å². The molecule has 0 radical (unpaired) electrons. The van der Waals surface area contributed by atoms with Gasteiger partial charge in [0.2, 0.25) is 5.16 Å². The van der Waals surface area contributed by atoms with Crippen molar-refractivity contribution in [2.45, 2.75) is 10.2 Å².